The molecule has 1 heterocycles. The van der Waals surface area contributed by atoms with E-state index in [1.54, 1.807) is 6.20 Å². The molecule has 0 aliphatic heterocycles. The average Bonchev–Trinajstić information content (AvgIpc) is 2.69. The Morgan fingerprint density at radius 3 is 3.27 bits per heavy atom. The zero-order valence-electron chi connectivity index (χ0n) is 8.65. The second-order valence-corrected chi connectivity index (χ2v) is 3.93. The molecule has 0 saturated carbocycles. The van der Waals surface area contributed by atoms with Crippen molar-refractivity contribution >= 4 is 5.78 Å². The van der Waals surface area contributed by atoms with Crippen LogP contribution < -0.4 is 0 Å². The van der Waals surface area contributed by atoms with Gasteiger partial charge < -0.3 is 5.11 Å². The Hall–Kier alpha value is -1.22. The lowest BCUT2D eigenvalue weighted by Gasteiger charge is -2.08. The molecule has 0 amide bonds. The Morgan fingerprint density at radius 2 is 2.47 bits per heavy atom. The molecule has 0 radical (unpaired) electrons. The van der Waals surface area contributed by atoms with Crippen LogP contribution in [0.5, 0.6) is 0 Å². The molecule has 1 aromatic heterocycles. The third-order valence-electron chi connectivity index (χ3n) is 2.93. The van der Waals surface area contributed by atoms with Gasteiger partial charge in [-0.25, -0.2) is 0 Å². The number of carbonyl (C=O) groups excluding carboxylic acids is 1. The molecule has 1 unspecified atom stereocenters. The maximum Gasteiger partial charge on any atom is 0.142 e. The van der Waals surface area contributed by atoms with E-state index in [4.69, 9.17) is 5.11 Å². The third-order valence-corrected chi connectivity index (χ3v) is 2.93. The standard InChI is InChI=1S/C12H15NO2/c14-8-2-4-11(15)10-6-5-9-3-1-7-13-12(9)10/h1,3,7,10,14H,2,4-6,8H2. The number of aryl methyl sites for hydroxylation is 1. The number of Topliss-reactive ketones (excluding diaryl/α,β-unsaturated/α-hetero) is 1. The zero-order valence-corrected chi connectivity index (χ0v) is 8.65. The lowest BCUT2D eigenvalue weighted by Crippen LogP contribution is -2.11. The monoisotopic (exact) mass is 205 g/mol. The number of ketones is 1. The summed E-state index contributed by atoms with van der Waals surface area (Å²) >= 11 is 0. The summed E-state index contributed by atoms with van der Waals surface area (Å²) in [7, 11) is 0. The molecule has 3 nitrogen and oxygen atoms in total. The van der Waals surface area contributed by atoms with E-state index in [0.717, 1.165) is 18.5 Å². The highest BCUT2D eigenvalue weighted by Gasteiger charge is 2.28. The summed E-state index contributed by atoms with van der Waals surface area (Å²) in [5.41, 5.74) is 2.17. The summed E-state index contributed by atoms with van der Waals surface area (Å²) < 4.78 is 0. The van der Waals surface area contributed by atoms with E-state index >= 15 is 0 Å². The molecule has 0 saturated heterocycles. The minimum absolute atomic E-state index is 0.0206. The Bertz CT molecular complexity index is 362. The topological polar surface area (TPSA) is 50.2 Å². The van der Waals surface area contributed by atoms with Gasteiger partial charge in [-0.3, -0.25) is 9.78 Å². The van der Waals surface area contributed by atoms with Gasteiger partial charge >= 0.3 is 0 Å². The number of rotatable bonds is 4. The van der Waals surface area contributed by atoms with Crippen molar-refractivity contribution in [2.24, 2.45) is 0 Å². The number of aliphatic hydroxyl groups excluding tert-OH is 1. The molecular formula is C12H15NO2. The molecule has 1 atom stereocenters. The van der Waals surface area contributed by atoms with Gasteiger partial charge in [-0.2, -0.15) is 0 Å². The van der Waals surface area contributed by atoms with E-state index in [1.807, 2.05) is 12.1 Å². The minimum atomic E-state index is -0.0206. The SMILES string of the molecule is O=C(CCCO)C1CCc2cccnc21. The lowest BCUT2D eigenvalue weighted by atomic mass is 9.98. The van der Waals surface area contributed by atoms with Crippen molar-refractivity contribution in [3.05, 3.63) is 29.6 Å². The van der Waals surface area contributed by atoms with Crippen LogP contribution in [0.2, 0.25) is 0 Å². The number of aromatic nitrogens is 1. The van der Waals surface area contributed by atoms with Crippen molar-refractivity contribution in [2.45, 2.75) is 31.6 Å². The van der Waals surface area contributed by atoms with Gasteiger partial charge in [-0.05, 0) is 30.9 Å². The fourth-order valence-electron chi connectivity index (χ4n) is 2.15. The number of aliphatic hydroxyl groups is 1. The lowest BCUT2D eigenvalue weighted by molar-refractivity contribution is -0.120. The summed E-state index contributed by atoms with van der Waals surface area (Å²) in [4.78, 5) is 16.1. The molecular weight excluding hydrogens is 190 g/mol. The second-order valence-electron chi connectivity index (χ2n) is 3.93. The smallest absolute Gasteiger partial charge is 0.142 e. The van der Waals surface area contributed by atoms with E-state index in [1.165, 1.54) is 5.56 Å². The first-order valence-corrected chi connectivity index (χ1v) is 5.40. The summed E-state index contributed by atoms with van der Waals surface area (Å²) in [6.45, 7) is 0.0908. The van der Waals surface area contributed by atoms with Gasteiger partial charge in [-0.1, -0.05) is 6.07 Å². The number of fused-ring (bicyclic) bond motifs is 1. The van der Waals surface area contributed by atoms with Crippen LogP contribution in [-0.2, 0) is 11.2 Å². The maximum absolute atomic E-state index is 11.8. The van der Waals surface area contributed by atoms with Crippen LogP contribution in [-0.4, -0.2) is 22.5 Å². The van der Waals surface area contributed by atoms with Gasteiger partial charge in [0.1, 0.15) is 5.78 Å². The van der Waals surface area contributed by atoms with Crippen LogP contribution in [0.4, 0.5) is 0 Å². The molecule has 15 heavy (non-hydrogen) atoms. The van der Waals surface area contributed by atoms with E-state index in [9.17, 15) is 4.79 Å². The van der Waals surface area contributed by atoms with Crippen molar-refractivity contribution in [3.8, 4) is 0 Å². The van der Waals surface area contributed by atoms with Crippen LogP contribution >= 0.6 is 0 Å². The summed E-state index contributed by atoms with van der Waals surface area (Å²) in [5.74, 6) is 0.203. The number of hydrogen-bond donors (Lipinski definition) is 1. The van der Waals surface area contributed by atoms with Gasteiger partial charge in [0, 0.05) is 19.2 Å². The van der Waals surface area contributed by atoms with Crippen LogP contribution in [0.25, 0.3) is 0 Å². The summed E-state index contributed by atoms with van der Waals surface area (Å²) in [6.07, 6.45) is 4.63. The highest BCUT2D eigenvalue weighted by atomic mass is 16.3. The predicted molar refractivity (Wildman–Crippen MR) is 56.6 cm³/mol. The van der Waals surface area contributed by atoms with Crippen LogP contribution in [0.1, 0.15) is 36.4 Å². The number of nitrogens with zero attached hydrogens (tertiary/aromatic N) is 1. The largest absolute Gasteiger partial charge is 0.396 e. The van der Waals surface area contributed by atoms with Gasteiger partial charge in [0.05, 0.1) is 11.6 Å². The Morgan fingerprint density at radius 1 is 1.60 bits per heavy atom. The molecule has 1 aliphatic carbocycles. The number of hydrogen-bond acceptors (Lipinski definition) is 3. The molecule has 2 rings (SSSR count). The molecule has 1 aromatic rings. The molecule has 3 heteroatoms. The molecule has 0 aromatic carbocycles. The third kappa shape index (κ3) is 2.07. The molecule has 80 valence electrons. The highest BCUT2D eigenvalue weighted by Crippen LogP contribution is 2.32. The van der Waals surface area contributed by atoms with E-state index < -0.39 is 0 Å². The molecule has 1 aliphatic rings. The van der Waals surface area contributed by atoms with Crippen molar-refractivity contribution < 1.29 is 9.90 Å². The average molecular weight is 205 g/mol. The number of pyridine rings is 1. The Labute approximate surface area is 89.2 Å². The summed E-state index contributed by atoms with van der Waals surface area (Å²) in [5, 5.41) is 8.69. The fraction of sp³-hybridized carbons (Fsp3) is 0.500. The van der Waals surface area contributed by atoms with Crippen molar-refractivity contribution in [3.63, 3.8) is 0 Å². The Kier molecular flexibility index (Phi) is 3.11. The van der Waals surface area contributed by atoms with Crippen molar-refractivity contribution in [2.75, 3.05) is 6.61 Å². The van der Waals surface area contributed by atoms with Gasteiger partial charge in [0.15, 0.2) is 0 Å². The fourth-order valence-corrected chi connectivity index (χ4v) is 2.15. The second kappa shape index (κ2) is 4.53. The predicted octanol–water partition coefficient (Wildman–Crippen LogP) is 1.45. The van der Waals surface area contributed by atoms with Gasteiger partial charge in [0.25, 0.3) is 0 Å². The van der Waals surface area contributed by atoms with Gasteiger partial charge in [0.2, 0.25) is 0 Å². The normalized spacial score (nSPS) is 18.9. The van der Waals surface area contributed by atoms with Crippen LogP contribution in [0, 0.1) is 0 Å². The highest BCUT2D eigenvalue weighted by molar-refractivity contribution is 5.86. The molecule has 0 spiro atoms. The van der Waals surface area contributed by atoms with Gasteiger partial charge in [-0.15, -0.1) is 0 Å². The molecule has 1 N–H and O–H groups in total. The van der Waals surface area contributed by atoms with E-state index in [-0.39, 0.29) is 18.3 Å². The molecule has 0 fully saturated rings. The van der Waals surface area contributed by atoms with Crippen LogP contribution in [0.3, 0.4) is 0 Å². The van der Waals surface area contributed by atoms with Crippen LogP contribution in [0.15, 0.2) is 18.3 Å². The quantitative estimate of drug-likeness (QED) is 0.809. The first-order chi connectivity index (χ1) is 7.33. The number of carbonyl (C=O) groups is 1. The van der Waals surface area contributed by atoms with Crippen molar-refractivity contribution in [1.29, 1.82) is 0 Å². The Balaban J connectivity index is 2.10. The minimum Gasteiger partial charge on any atom is -0.396 e. The zero-order chi connectivity index (χ0) is 10.7. The summed E-state index contributed by atoms with van der Waals surface area (Å²) in [6, 6.07) is 3.96. The van der Waals surface area contributed by atoms with Crippen molar-refractivity contribution in [1.82, 2.24) is 4.98 Å². The first-order valence-electron chi connectivity index (χ1n) is 5.40. The van der Waals surface area contributed by atoms with E-state index in [2.05, 4.69) is 4.98 Å². The maximum atomic E-state index is 11.8. The first kappa shape index (κ1) is 10.3. The molecule has 0 bridgehead atoms. The van der Waals surface area contributed by atoms with E-state index in [0.29, 0.717) is 12.8 Å².